The molecule has 0 saturated carbocycles. The van der Waals surface area contributed by atoms with Crippen LogP contribution < -0.4 is 14.4 Å². The van der Waals surface area contributed by atoms with Crippen molar-refractivity contribution in [3.8, 4) is 11.5 Å². The summed E-state index contributed by atoms with van der Waals surface area (Å²) < 4.78 is 32.9. The molecule has 0 spiro atoms. The lowest BCUT2D eigenvalue weighted by Gasteiger charge is -2.50. The van der Waals surface area contributed by atoms with E-state index in [9.17, 15) is 14.4 Å². The maximum atomic E-state index is 12.8. The first kappa shape index (κ1) is 21.9. The van der Waals surface area contributed by atoms with Crippen molar-refractivity contribution >= 4 is 23.6 Å². The maximum absolute atomic E-state index is 12.8. The molecule has 0 aromatic heterocycles. The predicted octanol–water partition coefficient (Wildman–Crippen LogP) is 1.91. The van der Waals surface area contributed by atoms with E-state index in [1.165, 1.54) is 21.0 Å². The molecule has 3 aliphatic heterocycles. The van der Waals surface area contributed by atoms with Gasteiger partial charge in [-0.3, -0.25) is 9.59 Å². The molecule has 10 nitrogen and oxygen atoms in total. The van der Waals surface area contributed by atoms with Crippen LogP contribution in [0.25, 0.3) is 0 Å². The summed E-state index contributed by atoms with van der Waals surface area (Å²) in [4.78, 5) is 37.9. The van der Waals surface area contributed by atoms with E-state index in [4.69, 9.17) is 28.4 Å². The lowest BCUT2D eigenvalue weighted by molar-refractivity contribution is -0.193. The van der Waals surface area contributed by atoms with E-state index < -0.39 is 42.3 Å². The van der Waals surface area contributed by atoms with E-state index in [2.05, 4.69) is 0 Å². The van der Waals surface area contributed by atoms with Crippen molar-refractivity contribution in [2.45, 2.75) is 45.6 Å². The SMILES string of the molecule is COC(=O)C1=C(C)N(c2ccc3c(c2)OCO3)[C@H]2C[C@@H]1[C@H](OC(C)=O)[C@@H](COC(C)=O)O2. The summed E-state index contributed by atoms with van der Waals surface area (Å²) in [7, 11) is 1.30. The molecule has 3 aliphatic rings. The van der Waals surface area contributed by atoms with Gasteiger partial charge in [0.25, 0.3) is 0 Å². The molecule has 1 saturated heterocycles. The van der Waals surface area contributed by atoms with Gasteiger partial charge in [0.1, 0.15) is 25.0 Å². The van der Waals surface area contributed by atoms with Crippen molar-refractivity contribution in [1.82, 2.24) is 0 Å². The van der Waals surface area contributed by atoms with Crippen LogP contribution in [-0.4, -0.2) is 56.9 Å². The van der Waals surface area contributed by atoms with Crippen molar-refractivity contribution in [2.75, 3.05) is 25.4 Å². The zero-order chi connectivity index (χ0) is 23.0. The Kier molecular flexibility index (Phi) is 5.96. The average Bonchev–Trinajstić information content (AvgIpc) is 3.21. The fourth-order valence-electron chi connectivity index (χ4n) is 4.49. The molecule has 4 rings (SSSR count). The van der Waals surface area contributed by atoms with Gasteiger partial charge in [-0.15, -0.1) is 0 Å². The van der Waals surface area contributed by atoms with Gasteiger partial charge in [-0.2, -0.15) is 0 Å². The number of rotatable bonds is 5. The first-order valence-electron chi connectivity index (χ1n) is 10.2. The van der Waals surface area contributed by atoms with Crippen molar-refractivity contribution < 1.29 is 42.8 Å². The normalized spacial score (nSPS) is 25.9. The molecule has 3 heterocycles. The maximum Gasteiger partial charge on any atom is 0.335 e. The molecular weight excluding hydrogens is 422 g/mol. The number of ether oxygens (including phenoxy) is 6. The van der Waals surface area contributed by atoms with Crippen molar-refractivity contribution in [2.24, 2.45) is 5.92 Å². The number of esters is 3. The number of anilines is 1. The molecule has 0 amide bonds. The Balaban J connectivity index is 1.78. The first-order valence-corrected chi connectivity index (χ1v) is 10.2. The molecule has 2 bridgehead atoms. The lowest BCUT2D eigenvalue weighted by atomic mass is 9.80. The molecule has 1 fully saturated rings. The molecule has 172 valence electrons. The van der Waals surface area contributed by atoms with Gasteiger partial charge in [-0.1, -0.05) is 0 Å². The van der Waals surface area contributed by atoms with Crippen molar-refractivity contribution in [3.05, 3.63) is 29.5 Å². The highest BCUT2D eigenvalue weighted by molar-refractivity contribution is 5.91. The van der Waals surface area contributed by atoms with Crippen LogP contribution in [0.5, 0.6) is 11.5 Å². The van der Waals surface area contributed by atoms with Crippen molar-refractivity contribution in [1.29, 1.82) is 0 Å². The van der Waals surface area contributed by atoms with Gasteiger partial charge in [0, 0.05) is 43.6 Å². The lowest BCUT2D eigenvalue weighted by Crippen LogP contribution is -2.58. The average molecular weight is 447 g/mol. The molecule has 32 heavy (non-hydrogen) atoms. The molecule has 10 heteroatoms. The van der Waals surface area contributed by atoms with Crippen LogP contribution in [0.15, 0.2) is 29.5 Å². The number of allylic oxidation sites excluding steroid dienone is 1. The zero-order valence-corrected chi connectivity index (χ0v) is 18.3. The van der Waals surface area contributed by atoms with Crippen LogP contribution in [-0.2, 0) is 33.3 Å². The summed E-state index contributed by atoms with van der Waals surface area (Å²) in [6, 6.07) is 5.44. The molecule has 0 unspecified atom stereocenters. The number of carbonyl (C=O) groups excluding carboxylic acids is 3. The van der Waals surface area contributed by atoms with Crippen LogP contribution >= 0.6 is 0 Å². The molecule has 0 aliphatic carbocycles. The summed E-state index contributed by atoms with van der Waals surface area (Å²) >= 11 is 0. The van der Waals surface area contributed by atoms with E-state index in [1.807, 2.05) is 17.0 Å². The zero-order valence-electron chi connectivity index (χ0n) is 18.3. The highest BCUT2D eigenvalue weighted by Crippen LogP contribution is 2.45. The third kappa shape index (κ3) is 3.97. The number of nitrogens with zero attached hydrogens (tertiary/aromatic N) is 1. The van der Waals surface area contributed by atoms with Crippen LogP contribution in [0.2, 0.25) is 0 Å². The second-order valence-corrected chi connectivity index (χ2v) is 7.75. The second kappa shape index (κ2) is 8.70. The van der Waals surface area contributed by atoms with Crippen LogP contribution in [0.4, 0.5) is 5.69 Å². The minimum atomic E-state index is -0.814. The predicted molar refractivity (Wildman–Crippen MR) is 109 cm³/mol. The Morgan fingerprint density at radius 3 is 2.56 bits per heavy atom. The van der Waals surface area contributed by atoms with Crippen molar-refractivity contribution in [3.63, 3.8) is 0 Å². The Hall–Kier alpha value is -3.27. The van der Waals surface area contributed by atoms with Gasteiger partial charge in [0.05, 0.1) is 12.7 Å². The third-order valence-electron chi connectivity index (χ3n) is 5.75. The third-order valence-corrected chi connectivity index (χ3v) is 5.75. The highest BCUT2D eigenvalue weighted by Gasteiger charge is 2.51. The molecule has 4 atom stereocenters. The van der Waals surface area contributed by atoms with Gasteiger partial charge in [0.15, 0.2) is 11.5 Å². The summed E-state index contributed by atoms with van der Waals surface area (Å²) in [5, 5.41) is 0. The molecule has 1 aromatic rings. The van der Waals surface area contributed by atoms with Gasteiger partial charge < -0.3 is 33.3 Å². The van der Waals surface area contributed by atoms with Gasteiger partial charge in [0.2, 0.25) is 6.79 Å². The van der Waals surface area contributed by atoms with Crippen LogP contribution in [0, 0.1) is 5.92 Å². The highest BCUT2D eigenvalue weighted by atomic mass is 16.7. The van der Waals surface area contributed by atoms with Crippen LogP contribution in [0.1, 0.15) is 27.2 Å². The monoisotopic (exact) mass is 447 g/mol. The minimum Gasteiger partial charge on any atom is -0.466 e. The Labute approximate surface area is 184 Å². The minimum absolute atomic E-state index is 0.122. The van der Waals surface area contributed by atoms with E-state index in [0.29, 0.717) is 29.2 Å². The smallest absolute Gasteiger partial charge is 0.335 e. The number of hydrogen-bond acceptors (Lipinski definition) is 10. The number of carbonyl (C=O) groups is 3. The van der Waals surface area contributed by atoms with Gasteiger partial charge >= 0.3 is 17.9 Å². The standard InChI is InChI=1S/C22H25NO9/c1-11-20(22(26)27-4)15-8-19(23(11)14-5-6-16-17(7-14)30-10-29-16)32-18(9-28-12(2)24)21(15)31-13(3)25/h5-7,15,18-19,21H,8-10H2,1-4H3/t15-,18+,19+,21-/m0/s1. The number of fused-ring (bicyclic) bond motifs is 3. The number of benzene rings is 1. The number of hydrogen-bond donors (Lipinski definition) is 0. The fourth-order valence-corrected chi connectivity index (χ4v) is 4.49. The van der Waals surface area contributed by atoms with Gasteiger partial charge in [-0.05, 0) is 19.1 Å². The van der Waals surface area contributed by atoms with E-state index >= 15 is 0 Å². The molecular formula is C22H25NO9. The van der Waals surface area contributed by atoms with E-state index in [1.54, 1.807) is 13.0 Å². The Morgan fingerprint density at radius 1 is 1.12 bits per heavy atom. The first-order chi connectivity index (χ1) is 15.3. The fraction of sp³-hybridized carbons (Fsp3) is 0.500. The van der Waals surface area contributed by atoms with Gasteiger partial charge in [-0.25, -0.2) is 4.79 Å². The summed E-state index contributed by atoms with van der Waals surface area (Å²) in [5.41, 5.74) is 1.72. The second-order valence-electron chi connectivity index (χ2n) is 7.75. The Morgan fingerprint density at radius 2 is 1.88 bits per heavy atom. The molecule has 0 radical (unpaired) electrons. The Bertz CT molecular complexity index is 972. The molecule has 0 N–H and O–H groups in total. The number of methoxy groups -OCH3 is 1. The topological polar surface area (TPSA) is 110 Å². The van der Waals surface area contributed by atoms with E-state index in [-0.39, 0.29) is 13.4 Å². The van der Waals surface area contributed by atoms with E-state index in [0.717, 1.165) is 5.69 Å². The summed E-state index contributed by atoms with van der Waals surface area (Å²) in [6.45, 7) is 4.37. The summed E-state index contributed by atoms with van der Waals surface area (Å²) in [6.07, 6.45) is -1.71. The quantitative estimate of drug-likeness (QED) is 0.490. The largest absolute Gasteiger partial charge is 0.466 e. The summed E-state index contributed by atoms with van der Waals surface area (Å²) in [5.74, 6) is -0.811. The van der Waals surface area contributed by atoms with Crippen LogP contribution in [0.3, 0.4) is 0 Å². The molecule has 1 aromatic carbocycles.